The molecule has 8 heteroatoms. The third kappa shape index (κ3) is 3.57. The number of amides is 1. The molecule has 3 aromatic rings. The van der Waals surface area contributed by atoms with Crippen molar-refractivity contribution in [1.29, 1.82) is 0 Å². The van der Waals surface area contributed by atoms with Crippen molar-refractivity contribution in [2.24, 2.45) is 0 Å². The third-order valence-corrected chi connectivity index (χ3v) is 6.67. The van der Waals surface area contributed by atoms with Crippen LogP contribution in [0.3, 0.4) is 0 Å². The zero-order valence-corrected chi connectivity index (χ0v) is 17.5. The van der Waals surface area contributed by atoms with Crippen molar-refractivity contribution in [1.82, 2.24) is 19.8 Å². The molecule has 2 aliphatic rings. The Morgan fingerprint density at radius 1 is 1.07 bits per heavy atom. The van der Waals surface area contributed by atoms with Gasteiger partial charge in [0, 0.05) is 18.7 Å². The molecule has 0 radical (unpaired) electrons. The van der Waals surface area contributed by atoms with E-state index in [9.17, 15) is 4.79 Å². The standard InChI is InChI=1S/C22H23N5O2S/c1-15-7-9-16(10-8-15)18-19(21(28)26-11-13-29-14-12-26)30-22-24-23-20(27(22)25-18)17-5-3-2-4-6-17/h2-10,18-19,25H,11-14H2,1H3/t18-,19-/m0/s1. The maximum atomic E-state index is 13.4. The number of nitrogens with one attached hydrogen (secondary N) is 1. The summed E-state index contributed by atoms with van der Waals surface area (Å²) in [7, 11) is 0. The number of ether oxygens (including phenoxy) is 1. The predicted octanol–water partition coefficient (Wildman–Crippen LogP) is 2.87. The molecule has 154 valence electrons. The van der Waals surface area contributed by atoms with Gasteiger partial charge in [0.1, 0.15) is 5.25 Å². The molecule has 0 aliphatic carbocycles. The number of fused-ring (bicyclic) bond motifs is 1. The summed E-state index contributed by atoms with van der Waals surface area (Å²) in [6.07, 6.45) is 0. The molecule has 2 atom stereocenters. The van der Waals surface area contributed by atoms with Crippen LogP contribution in [-0.4, -0.2) is 57.2 Å². The molecule has 2 aliphatic heterocycles. The first-order chi connectivity index (χ1) is 14.7. The summed E-state index contributed by atoms with van der Waals surface area (Å²) in [5.41, 5.74) is 6.77. The van der Waals surface area contributed by atoms with E-state index in [4.69, 9.17) is 4.74 Å². The van der Waals surface area contributed by atoms with Crippen molar-refractivity contribution in [2.45, 2.75) is 23.4 Å². The minimum absolute atomic E-state index is 0.108. The number of rotatable bonds is 3. The van der Waals surface area contributed by atoms with E-state index in [1.165, 1.54) is 17.3 Å². The monoisotopic (exact) mass is 421 g/mol. The second-order valence-electron chi connectivity index (χ2n) is 7.50. The van der Waals surface area contributed by atoms with Gasteiger partial charge in [-0.15, -0.1) is 10.2 Å². The SMILES string of the molecule is Cc1ccc([C@@H]2Nn3c(nnc3-c3ccccc3)S[C@@H]2C(=O)N2CCOCC2)cc1. The fourth-order valence-electron chi connectivity index (χ4n) is 3.81. The normalized spacial score (nSPS) is 21.0. The van der Waals surface area contributed by atoms with Gasteiger partial charge in [-0.3, -0.25) is 4.79 Å². The molecule has 0 spiro atoms. The van der Waals surface area contributed by atoms with Crippen LogP contribution in [0.15, 0.2) is 59.8 Å². The molecule has 0 saturated carbocycles. The molecule has 2 aromatic carbocycles. The summed E-state index contributed by atoms with van der Waals surface area (Å²) in [5, 5.41) is 9.14. The van der Waals surface area contributed by atoms with Crippen LogP contribution in [-0.2, 0) is 9.53 Å². The van der Waals surface area contributed by atoms with Crippen LogP contribution in [0.25, 0.3) is 11.4 Å². The maximum absolute atomic E-state index is 13.4. The van der Waals surface area contributed by atoms with Gasteiger partial charge in [0.25, 0.3) is 0 Å². The lowest BCUT2D eigenvalue weighted by atomic mass is 10.0. The minimum Gasteiger partial charge on any atom is -0.378 e. The van der Waals surface area contributed by atoms with E-state index in [0.717, 1.165) is 17.0 Å². The quantitative estimate of drug-likeness (QED) is 0.701. The first-order valence-electron chi connectivity index (χ1n) is 10.1. The lowest BCUT2D eigenvalue weighted by Crippen LogP contribution is -2.49. The number of carbonyl (C=O) groups is 1. The van der Waals surface area contributed by atoms with Gasteiger partial charge in [-0.1, -0.05) is 71.9 Å². The third-order valence-electron chi connectivity index (χ3n) is 5.47. The molecule has 0 bridgehead atoms. The predicted molar refractivity (Wildman–Crippen MR) is 116 cm³/mol. The van der Waals surface area contributed by atoms with Gasteiger partial charge in [0.2, 0.25) is 11.1 Å². The van der Waals surface area contributed by atoms with E-state index in [0.29, 0.717) is 31.5 Å². The average Bonchev–Trinajstić information content (AvgIpc) is 3.22. The molecule has 1 amide bonds. The van der Waals surface area contributed by atoms with E-state index in [1.54, 1.807) is 0 Å². The van der Waals surface area contributed by atoms with Gasteiger partial charge < -0.3 is 15.1 Å². The number of hydrogen-bond donors (Lipinski definition) is 1. The molecule has 1 N–H and O–H groups in total. The maximum Gasteiger partial charge on any atom is 0.238 e. The zero-order chi connectivity index (χ0) is 20.5. The number of aryl methyl sites for hydroxylation is 1. The Kier molecular flexibility index (Phi) is 5.18. The highest BCUT2D eigenvalue weighted by atomic mass is 32.2. The first kappa shape index (κ1) is 19.1. The van der Waals surface area contributed by atoms with Crippen molar-refractivity contribution in [3.63, 3.8) is 0 Å². The Labute approximate surface area is 179 Å². The Morgan fingerprint density at radius 2 is 1.80 bits per heavy atom. The van der Waals surface area contributed by atoms with E-state index in [-0.39, 0.29) is 17.2 Å². The summed E-state index contributed by atoms with van der Waals surface area (Å²) in [5.74, 6) is 0.851. The molecule has 3 heterocycles. The molecule has 30 heavy (non-hydrogen) atoms. The first-order valence-corrected chi connectivity index (χ1v) is 11.0. The number of carbonyl (C=O) groups excluding carboxylic acids is 1. The number of nitrogens with zero attached hydrogens (tertiary/aromatic N) is 4. The highest BCUT2D eigenvalue weighted by Crippen LogP contribution is 2.39. The fourth-order valence-corrected chi connectivity index (χ4v) is 4.97. The second-order valence-corrected chi connectivity index (χ2v) is 8.61. The summed E-state index contributed by atoms with van der Waals surface area (Å²) in [6, 6.07) is 18.1. The molecule has 7 nitrogen and oxygen atoms in total. The van der Waals surface area contributed by atoms with Crippen LogP contribution in [0.2, 0.25) is 0 Å². The highest BCUT2D eigenvalue weighted by Gasteiger charge is 2.40. The Balaban J connectivity index is 1.53. The molecular weight excluding hydrogens is 398 g/mol. The highest BCUT2D eigenvalue weighted by molar-refractivity contribution is 8.00. The van der Waals surface area contributed by atoms with Gasteiger partial charge in [0.05, 0.1) is 19.3 Å². The fraction of sp³-hybridized carbons (Fsp3) is 0.318. The van der Waals surface area contributed by atoms with Crippen molar-refractivity contribution in [3.05, 3.63) is 65.7 Å². The largest absolute Gasteiger partial charge is 0.378 e. The number of benzene rings is 2. The zero-order valence-electron chi connectivity index (χ0n) is 16.7. The number of morpholine rings is 1. The summed E-state index contributed by atoms with van der Waals surface area (Å²) in [6.45, 7) is 4.48. The van der Waals surface area contributed by atoms with Crippen molar-refractivity contribution in [3.8, 4) is 11.4 Å². The summed E-state index contributed by atoms with van der Waals surface area (Å²) < 4.78 is 7.34. The summed E-state index contributed by atoms with van der Waals surface area (Å²) in [4.78, 5) is 15.3. The minimum atomic E-state index is -0.328. The number of thioether (sulfide) groups is 1. The van der Waals surface area contributed by atoms with Crippen LogP contribution < -0.4 is 5.43 Å². The van der Waals surface area contributed by atoms with E-state index < -0.39 is 0 Å². The molecule has 1 aromatic heterocycles. The van der Waals surface area contributed by atoms with Gasteiger partial charge in [-0.05, 0) is 12.5 Å². The smallest absolute Gasteiger partial charge is 0.238 e. The van der Waals surface area contributed by atoms with Crippen molar-refractivity contribution >= 4 is 17.7 Å². The Bertz CT molecular complexity index is 1030. The van der Waals surface area contributed by atoms with Crippen LogP contribution in [0.4, 0.5) is 0 Å². The average molecular weight is 422 g/mol. The molecule has 1 fully saturated rings. The van der Waals surface area contributed by atoms with Gasteiger partial charge in [0.15, 0.2) is 5.82 Å². The van der Waals surface area contributed by atoms with Crippen LogP contribution >= 0.6 is 11.8 Å². The number of aromatic nitrogens is 3. The number of hydrogen-bond acceptors (Lipinski definition) is 6. The second kappa shape index (κ2) is 8.12. The Morgan fingerprint density at radius 3 is 2.53 bits per heavy atom. The van der Waals surface area contributed by atoms with Crippen LogP contribution in [0.1, 0.15) is 17.2 Å². The van der Waals surface area contributed by atoms with Gasteiger partial charge in [-0.2, -0.15) is 0 Å². The van der Waals surface area contributed by atoms with Crippen LogP contribution in [0.5, 0.6) is 0 Å². The molecular formula is C22H23N5O2S. The van der Waals surface area contributed by atoms with E-state index in [2.05, 4.69) is 46.8 Å². The van der Waals surface area contributed by atoms with Gasteiger partial charge >= 0.3 is 0 Å². The van der Waals surface area contributed by atoms with Crippen molar-refractivity contribution in [2.75, 3.05) is 31.7 Å². The lowest BCUT2D eigenvalue weighted by Gasteiger charge is -2.37. The van der Waals surface area contributed by atoms with E-state index in [1.807, 2.05) is 39.9 Å². The Hall–Kier alpha value is -2.84. The topological polar surface area (TPSA) is 72.3 Å². The molecule has 1 saturated heterocycles. The van der Waals surface area contributed by atoms with Crippen molar-refractivity contribution < 1.29 is 9.53 Å². The van der Waals surface area contributed by atoms with Crippen LogP contribution in [0, 0.1) is 6.92 Å². The molecule has 5 rings (SSSR count). The lowest BCUT2D eigenvalue weighted by molar-refractivity contribution is -0.135. The summed E-state index contributed by atoms with van der Waals surface area (Å²) >= 11 is 1.48. The molecule has 0 unspecified atom stereocenters. The van der Waals surface area contributed by atoms with Gasteiger partial charge in [-0.25, -0.2) is 4.68 Å². The van der Waals surface area contributed by atoms with E-state index >= 15 is 0 Å².